The molecule has 2 nitrogen and oxygen atoms in total. The molecule has 0 amide bonds. The molecule has 0 N–H and O–H groups in total. The molecule has 56 valence electrons. The minimum Gasteiger partial charge on any atom is -0.366 e. The minimum absolute atomic E-state index is 1.03. The molecule has 0 heterocycles. The Morgan fingerprint density at radius 2 is 1.89 bits per heavy atom. The average molecular weight is 130 g/mol. The van der Waals surface area contributed by atoms with Gasteiger partial charge in [-0.05, 0) is 6.92 Å². The van der Waals surface area contributed by atoms with Crippen molar-refractivity contribution in [2.45, 2.75) is 20.8 Å². The van der Waals surface area contributed by atoms with Crippen molar-refractivity contribution in [3.8, 4) is 0 Å². The highest BCUT2D eigenvalue weighted by Gasteiger charge is 1.77. The molecule has 9 heavy (non-hydrogen) atoms. The largest absolute Gasteiger partial charge is 0.366 e. The van der Waals surface area contributed by atoms with E-state index in [1.165, 1.54) is 0 Å². The summed E-state index contributed by atoms with van der Waals surface area (Å²) in [6, 6.07) is 0. The maximum Gasteiger partial charge on any atom is 0.0843 e. The summed E-state index contributed by atoms with van der Waals surface area (Å²) < 4.78 is 0. The molecule has 0 atom stereocenters. The molecule has 0 aliphatic carbocycles. The normalized spacial score (nSPS) is 8.56. The maximum atomic E-state index is 3.81. The Bertz CT molecular complexity index is 59.9. The first-order chi connectivity index (χ1) is 4.31. The van der Waals surface area contributed by atoms with Crippen LogP contribution in [0.3, 0.4) is 0 Å². The number of hydrogen-bond acceptors (Lipinski definition) is 1. The van der Waals surface area contributed by atoms with Gasteiger partial charge in [0, 0.05) is 20.6 Å². The summed E-state index contributed by atoms with van der Waals surface area (Å²) in [7, 11) is 3.76. The fourth-order valence-corrected chi connectivity index (χ4v) is 0.279. The monoisotopic (exact) mass is 130 g/mol. The van der Waals surface area contributed by atoms with Gasteiger partial charge in [0.05, 0.1) is 6.34 Å². The molecule has 0 aliphatic heterocycles. The van der Waals surface area contributed by atoms with Crippen LogP contribution in [-0.2, 0) is 0 Å². The van der Waals surface area contributed by atoms with E-state index in [4.69, 9.17) is 0 Å². The van der Waals surface area contributed by atoms with Crippen LogP contribution in [-0.4, -0.2) is 31.9 Å². The number of hydrogen-bond donors (Lipinski definition) is 0. The van der Waals surface area contributed by atoms with E-state index in [2.05, 4.69) is 11.9 Å². The smallest absolute Gasteiger partial charge is 0.0843 e. The van der Waals surface area contributed by atoms with Gasteiger partial charge in [-0.1, -0.05) is 13.8 Å². The SMILES string of the molecule is CC.CCN(C)C=NC. The predicted octanol–water partition coefficient (Wildman–Crippen LogP) is 1.62. The Balaban J connectivity index is 0. The van der Waals surface area contributed by atoms with E-state index in [1.807, 2.05) is 25.8 Å². The topological polar surface area (TPSA) is 15.6 Å². The van der Waals surface area contributed by atoms with Crippen molar-refractivity contribution in [3.63, 3.8) is 0 Å². The van der Waals surface area contributed by atoms with Crippen molar-refractivity contribution >= 4 is 6.34 Å². The first-order valence-electron chi connectivity index (χ1n) is 3.43. The first kappa shape index (κ1) is 11.3. The van der Waals surface area contributed by atoms with Crippen LogP contribution in [0.1, 0.15) is 20.8 Å². The Morgan fingerprint density at radius 3 is 2.00 bits per heavy atom. The maximum absolute atomic E-state index is 3.81. The molecule has 0 bridgehead atoms. The van der Waals surface area contributed by atoms with Crippen molar-refractivity contribution in [2.24, 2.45) is 4.99 Å². The molecule has 0 aliphatic rings. The van der Waals surface area contributed by atoms with E-state index in [0.717, 1.165) is 6.54 Å². The molecular weight excluding hydrogens is 112 g/mol. The quantitative estimate of drug-likeness (QED) is 0.409. The highest BCUT2D eigenvalue weighted by atomic mass is 15.1. The third-order valence-electron chi connectivity index (χ3n) is 0.811. The van der Waals surface area contributed by atoms with E-state index in [0.29, 0.717) is 0 Å². The van der Waals surface area contributed by atoms with Gasteiger partial charge in [0.25, 0.3) is 0 Å². The summed E-state index contributed by atoms with van der Waals surface area (Å²) in [4.78, 5) is 5.82. The molecular formula is C7H18N2. The molecule has 0 aromatic carbocycles. The third kappa shape index (κ3) is 11.2. The zero-order valence-electron chi connectivity index (χ0n) is 7.18. The molecule has 0 saturated heterocycles. The summed E-state index contributed by atoms with van der Waals surface area (Å²) in [5, 5.41) is 0. The van der Waals surface area contributed by atoms with Crippen molar-refractivity contribution < 1.29 is 0 Å². The van der Waals surface area contributed by atoms with Crippen LogP contribution in [0.25, 0.3) is 0 Å². The van der Waals surface area contributed by atoms with Crippen LogP contribution < -0.4 is 0 Å². The standard InChI is InChI=1S/C5H12N2.C2H6/c1-4-7(3)5-6-2;1-2/h5H,4H2,1-3H3;1-2H3. The molecule has 2 heteroatoms. The van der Waals surface area contributed by atoms with Gasteiger partial charge in [-0.3, -0.25) is 4.99 Å². The molecule has 0 radical (unpaired) electrons. The van der Waals surface area contributed by atoms with Gasteiger partial charge < -0.3 is 4.90 Å². The zero-order valence-corrected chi connectivity index (χ0v) is 7.18. The third-order valence-corrected chi connectivity index (χ3v) is 0.811. The van der Waals surface area contributed by atoms with Gasteiger partial charge in [0.2, 0.25) is 0 Å². The van der Waals surface area contributed by atoms with Gasteiger partial charge in [0.1, 0.15) is 0 Å². The van der Waals surface area contributed by atoms with Gasteiger partial charge in [-0.15, -0.1) is 0 Å². The molecule has 0 rings (SSSR count). The summed E-state index contributed by atoms with van der Waals surface area (Å²) in [5.74, 6) is 0. The molecule has 0 aromatic heterocycles. The molecule has 0 aromatic rings. The zero-order chi connectivity index (χ0) is 7.70. The van der Waals surface area contributed by atoms with Crippen molar-refractivity contribution in [3.05, 3.63) is 0 Å². The molecule has 0 spiro atoms. The lowest BCUT2D eigenvalue weighted by Crippen LogP contribution is -2.14. The molecule has 0 fully saturated rings. The van der Waals surface area contributed by atoms with E-state index >= 15 is 0 Å². The van der Waals surface area contributed by atoms with E-state index in [-0.39, 0.29) is 0 Å². The Morgan fingerprint density at radius 1 is 1.44 bits per heavy atom. The van der Waals surface area contributed by atoms with Crippen LogP contribution in [0.4, 0.5) is 0 Å². The molecule has 0 unspecified atom stereocenters. The second-order valence-electron chi connectivity index (χ2n) is 1.45. The number of nitrogens with zero attached hydrogens (tertiary/aromatic N) is 2. The summed E-state index contributed by atoms with van der Waals surface area (Å²) >= 11 is 0. The fraction of sp³-hybridized carbons (Fsp3) is 0.857. The van der Waals surface area contributed by atoms with Crippen LogP contribution in [0.5, 0.6) is 0 Å². The van der Waals surface area contributed by atoms with Crippen LogP contribution in [0.2, 0.25) is 0 Å². The summed E-state index contributed by atoms with van der Waals surface area (Å²) in [6.45, 7) is 7.11. The van der Waals surface area contributed by atoms with Crippen LogP contribution >= 0.6 is 0 Å². The van der Waals surface area contributed by atoms with Gasteiger partial charge >= 0.3 is 0 Å². The predicted molar refractivity (Wildman–Crippen MR) is 44.1 cm³/mol. The van der Waals surface area contributed by atoms with E-state index in [9.17, 15) is 0 Å². The van der Waals surface area contributed by atoms with Crippen molar-refractivity contribution in [1.82, 2.24) is 4.90 Å². The van der Waals surface area contributed by atoms with Gasteiger partial charge in [-0.2, -0.15) is 0 Å². The second-order valence-corrected chi connectivity index (χ2v) is 1.45. The Hall–Kier alpha value is -0.530. The van der Waals surface area contributed by atoms with E-state index < -0.39 is 0 Å². The molecule has 0 saturated carbocycles. The fourth-order valence-electron chi connectivity index (χ4n) is 0.279. The number of rotatable bonds is 2. The highest BCUT2D eigenvalue weighted by molar-refractivity contribution is 5.53. The van der Waals surface area contributed by atoms with Crippen molar-refractivity contribution in [2.75, 3.05) is 20.6 Å². The van der Waals surface area contributed by atoms with Crippen LogP contribution in [0.15, 0.2) is 4.99 Å². The van der Waals surface area contributed by atoms with Crippen LogP contribution in [0, 0.1) is 0 Å². The van der Waals surface area contributed by atoms with Gasteiger partial charge in [-0.25, -0.2) is 0 Å². The first-order valence-corrected chi connectivity index (χ1v) is 3.43. The second kappa shape index (κ2) is 10.5. The number of aliphatic imine (C=N–C) groups is 1. The Labute approximate surface area is 58.6 Å². The van der Waals surface area contributed by atoms with E-state index in [1.54, 1.807) is 13.4 Å². The minimum atomic E-state index is 1.03. The Kier molecular flexibility index (Phi) is 13.1. The lowest BCUT2D eigenvalue weighted by atomic mass is 10.7. The lowest BCUT2D eigenvalue weighted by molar-refractivity contribution is 0.551. The summed E-state index contributed by atoms with van der Waals surface area (Å²) in [6.07, 6.45) is 1.81. The van der Waals surface area contributed by atoms with Gasteiger partial charge in [0.15, 0.2) is 0 Å². The lowest BCUT2D eigenvalue weighted by Gasteiger charge is -2.06. The highest BCUT2D eigenvalue weighted by Crippen LogP contribution is 1.70. The van der Waals surface area contributed by atoms with Crippen molar-refractivity contribution in [1.29, 1.82) is 0 Å². The average Bonchev–Trinajstić information content (AvgIpc) is 1.93. The summed E-state index contributed by atoms with van der Waals surface area (Å²) in [5.41, 5.74) is 0.